The third kappa shape index (κ3) is 1.83. The number of Topliss-reactive ketones (excluding diaryl/α,β-unsaturated/α-hetero) is 1. The van der Waals surface area contributed by atoms with Gasteiger partial charge in [0.05, 0.1) is 25.7 Å². The van der Waals surface area contributed by atoms with Gasteiger partial charge in [0.25, 0.3) is 0 Å². The zero-order chi connectivity index (χ0) is 14.2. The summed E-state index contributed by atoms with van der Waals surface area (Å²) in [7, 11) is 1.34. The first-order valence-corrected chi connectivity index (χ1v) is 7.55. The largest absolute Gasteiger partial charge is 0.468 e. The highest BCUT2D eigenvalue weighted by molar-refractivity contribution is 6.03. The van der Waals surface area contributed by atoms with Crippen molar-refractivity contribution in [3.63, 3.8) is 0 Å². The Bertz CT molecular complexity index is 408. The van der Waals surface area contributed by atoms with Crippen LogP contribution in [0.5, 0.6) is 0 Å². The van der Waals surface area contributed by atoms with Gasteiger partial charge in [-0.3, -0.25) is 9.59 Å². The minimum atomic E-state index is -0.783. The highest BCUT2D eigenvalue weighted by atomic mass is 16.7. The van der Waals surface area contributed by atoms with E-state index in [9.17, 15) is 9.59 Å². The van der Waals surface area contributed by atoms with Crippen LogP contribution in [0.2, 0.25) is 0 Å². The van der Waals surface area contributed by atoms with E-state index in [-0.39, 0.29) is 5.78 Å². The first-order chi connectivity index (χ1) is 9.65. The average molecular weight is 282 g/mol. The third-order valence-corrected chi connectivity index (χ3v) is 5.21. The van der Waals surface area contributed by atoms with Crippen LogP contribution in [0.3, 0.4) is 0 Å². The van der Waals surface area contributed by atoms with Crippen LogP contribution in [0.15, 0.2) is 0 Å². The van der Waals surface area contributed by atoms with E-state index in [2.05, 4.69) is 0 Å². The summed E-state index contributed by atoms with van der Waals surface area (Å²) >= 11 is 0. The van der Waals surface area contributed by atoms with Crippen molar-refractivity contribution in [1.29, 1.82) is 0 Å². The van der Waals surface area contributed by atoms with Gasteiger partial charge in [0.15, 0.2) is 11.6 Å². The van der Waals surface area contributed by atoms with E-state index in [1.54, 1.807) is 0 Å². The number of esters is 1. The summed E-state index contributed by atoms with van der Waals surface area (Å²) in [4.78, 5) is 24.9. The molecular formula is C15H22O5. The molecule has 3 aliphatic rings. The number of ether oxygens (including phenoxy) is 3. The fourth-order valence-corrected chi connectivity index (χ4v) is 4.28. The lowest BCUT2D eigenvalue weighted by Crippen LogP contribution is -2.60. The van der Waals surface area contributed by atoms with Crippen LogP contribution in [0, 0.1) is 11.3 Å². The average Bonchev–Trinajstić information content (AvgIpc) is 2.94. The van der Waals surface area contributed by atoms with Crippen molar-refractivity contribution in [2.45, 2.75) is 50.7 Å². The van der Waals surface area contributed by atoms with E-state index in [1.807, 2.05) is 0 Å². The summed E-state index contributed by atoms with van der Waals surface area (Å²) in [6.45, 7) is 1.08. The molecule has 5 heteroatoms. The SMILES string of the molecule is COC(=O)[C@@H]1CCC[C@@]2(CCCCC23OCCO3)C1=O. The molecule has 0 N–H and O–H groups in total. The van der Waals surface area contributed by atoms with Crippen LogP contribution in [-0.4, -0.2) is 37.9 Å². The fourth-order valence-electron chi connectivity index (χ4n) is 4.28. The molecule has 0 radical (unpaired) electrons. The van der Waals surface area contributed by atoms with Gasteiger partial charge >= 0.3 is 5.97 Å². The highest BCUT2D eigenvalue weighted by Crippen LogP contribution is 2.56. The lowest BCUT2D eigenvalue weighted by atomic mass is 9.58. The van der Waals surface area contributed by atoms with E-state index in [0.29, 0.717) is 19.6 Å². The van der Waals surface area contributed by atoms with Crippen LogP contribution in [-0.2, 0) is 23.8 Å². The van der Waals surface area contributed by atoms with Crippen LogP contribution in [0.4, 0.5) is 0 Å². The second-order valence-corrected chi connectivity index (χ2v) is 6.07. The summed E-state index contributed by atoms with van der Waals surface area (Å²) in [5.74, 6) is -1.85. The van der Waals surface area contributed by atoms with Gasteiger partial charge in [0.1, 0.15) is 5.92 Å². The molecule has 0 aromatic carbocycles. The number of carbonyl (C=O) groups excluding carboxylic acids is 2. The van der Waals surface area contributed by atoms with Crippen molar-refractivity contribution >= 4 is 11.8 Å². The highest BCUT2D eigenvalue weighted by Gasteiger charge is 2.63. The van der Waals surface area contributed by atoms with Gasteiger partial charge in [0, 0.05) is 6.42 Å². The Morgan fingerprint density at radius 2 is 1.80 bits per heavy atom. The number of hydrogen-bond donors (Lipinski definition) is 0. The maximum atomic E-state index is 13.0. The standard InChI is InChI=1S/C15H22O5/c1-18-13(17)11-5-4-7-14(12(11)16)6-2-3-8-15(14)19-9-10-20-15/h11H,2-10H2,1H3/t11-,14+/m1/s1. The van der Waals surface area contributed by atoms with E-state index in [1.165, 1.54) is 7.11 Å². The Kier molecular flexibility index (Phi) is 3.58. The van der Waals surface area contributed by atoms with Crippen molar-refractivity contribution in [3.05, 3.63) is 0 Å². The van der Waals surface area contributed by atoms with Gasteiger partial charge < -0.3 is 14.2 Å². The van der Waals surface area contributed by atoms with E-state index in [0.717, 1.165) is 38.5 Å². The summed E-state index contributed by atoms with van der Waals surface area (Å²) in [5, 5.41) is 0. The van der Waals surface area contributed by atoms with Crippen molar-refractivity contribution in [3.8, 4) is 0 Å². The normalized spacial score (nSPS) is 36.5. The summed E-state index contributed by atoms with van der Waals surface area (Å²) in [6, 6.07) is 0. The van der Waals surface area contributed by atoms with Gasteiger partial charge in [-0.1, -0.05) is 12.8 Å². The Labute approximate surface area is 118 Å². The molecule has 1 aliphatic heterocycles. The van der Waals surface area contributed by atoms with Gasteiger partial charge in [0.2, 0.25) is 0 Å². The summed E-state index contributed by atoms with van der Waals surface area (Å²) in [6.07, 6.45) is 5.72. The predicted octanol–water partition coefficient (Wildman–Crippen LogP) is 1.83. The molecule has 0 aromatic rings. The number of ketones is 1. The predicted molar refractivity (Wildman–Crippen MR) is 69.9 cm³/mol. The second kappa shape index (κ2) is 5.11. The van der Waals surface area contributed by atoms with Crippen molar-refractivity contribution in [2.75, 3.05) is 20.3 Å². The zero-order valence-corrected chi connectivity index (χ0v) is 12.0. The molecule has 20 heavy (non-hydrogen) atoms. The first kappa shape index (κ1) is 14.0. The summed E-state index contributed by atoms with van der Waals surface area (Å²) in [5.41, 5.74) is -0.640. The van der Waals surface area contributed by atoms with Gasteiger partial charge in [-0.2, -0.15) is 0 Å². The van der Waals surface area contributed by atoms with Crippen molar-refractivity contribution in [2.24, 2.45) is 11.3 Å². The minimum absolute atomic E-state index is 0.0165. The zero-order valence-electron chi connectivity index (χ0n) is 12.0. The lowest BCUT2D eigenvalue weighted by Gasteiger charge is -2.51. The third-order valence-electron chi connectivity index (χ3n) is 5.21. The molecule has 3 rings (SSSR count). The molecule has 1 heterocycles. The van der Waals surface area contributed by atoms with Crippen LogP contribution >= 0.6 is 0 Å². The number of hydrogen-bond acceptors (Lipinski definition) is 5. The second-order valence-electron chi connectivity index (χ2n) is 6.07. The van der Waals surface area contributed by atoms with Gasteiger partial charge in [-0.05, 0) is 25.7 Å². The molecule has 0 unspecified atom stereocenters. The molecule has 3 fully saturated rings. The Morgan fingerprint density at radius 1 is 1.15 bits per heavy atom. The Morgan fingerprint density at radius 3 is 2.50 bits per heavy atom. The molecule has 0 bridgehead atoms. The number of rotatable bonds is 1. The number of methoxy groups -OCH3 is 1. The topological polar surface area (TPSA) is 61.8 Å². The van der Waals surface area contributed by atoms with Gasteiger partial charge in [-0.25, -0.2) is 0 Å². The van der Waals surface area contributed by atoms with E-state index >= 15 is 0 Å². The van der Waals surface area contributed by atoms with Crippen LogP contribution < -0.4 is 0 Å². The molecule has 2 spiro atoms. The maximum absolute atomic E-state index is 13.0. The molecule has 1 saturated heterocycles. The number of fused-ring (bicyclic) bond motifs is 1. The number of carbonyl (C=O) groups is 2. The molecule has 2 aliphatic carbocycles. The Balaban J connectivity index is 1.95. The lowest BCUT2D eigenvalue weighted by molar-refractivity contribution is -0.256. The maximum Gasteiger partial charge on any atom is 0.316 e. The monoisotopic (exact) mass is 282 g/mol. The Hall–Kier alpha value is -0.940. The molecule has 2 saturated carbocycles. The molecule has 0 amide bonds. The van der Waals surface area contributed by atoms with E-state index < -0.39 is 23.1 Å². The molecule has 0 aromatic heterocycles. The van der Waals surface area contributed by atoms with Crippen LogP contribution in [0.1, 0.15) is 44.9 Å². The quantitative estimate of drug-likeness (QED) is 0.542. The van der Waals surface area contributed by atoms with Crippen molar-refractivity contribution in [1.82, 2.24) is 0 Å². The molecule has 2 atom stereocenters. The molecular weight excluding hydrogens is 260 g/mol. The summed E-state index contributed by atoms with van der Waals surface area (Å²) < 4.78 is 16.6. The smallest absolute Gasteiger partial charge is 0.316 e. The van der Waals surface area contributed by atoms with Crippen molar-refractivity contribution < 1.29 is 23.8 Å². The minimum Gasteiger partial charge on any atom is -0.468 e. The molecule has 112 valence electrons. The van der Waals surface area contributed by atoms with E-state index in [4.69, 9.17) is 14.2 Å². The molecule has 5 nitrogen and oxygen atoms in total. The van der Waals surface area contributed by atoms with Crippen LogP contribution in [0.25, 0.3) is 0 Å². The van der Waals surface area contributed by atoms with Gasteiger partial charge in [-0.15, -0.1) is 0 Å². The fraction of sp³-hybridized carbons (Fsp3) is 0.867. The first-order valence-electron chi connectivity index (χ1n) is 7.55.